The van der Waals surface area contributed by atoms with Crippen LogP contribution in [0.15, 0.2) is 54.6 Å². The van der Waals surface area contributed by atoms with Gasteiger partial charge in [0.1, 0.15) is 12.6 Å². The predicted octanol–water partition coefficient (Wildman–Crippen LogP) is 3.18. The van der Waals surface area contributed by atoms with Gasteiger partial charge in [0.15, 0.2) is 0 Å². The smallest absolute Gasteiger partial charge is 0.325 e. The molecule has 0 radical (unpaired) electrons. The summed E-state index contributed by atoms with van der Waals surface area (Å²) in [5, 5.41) is 0.669. The number of carbonyl (C=O) groups is 2. The quantitative estimate of drug-likeness (QED) is 0.748. The van der Waals surface area contributed by atoms with E-state index in [1.54, 1.807) is 0 Å². The molecule has 1 aliphatic carbocycles. The molecule has 144 valence electrons. The largest absolute Gasteiger partial charge is 0.462 e. The molecule has 6 heteroatoms. The van der Waals surface area contributed by atoms with Crippen molar-refractivity contribution in [2.45, 2.75) is 37.0 Å². The average Bonchev–Trinajstić information content (AvgIpc) is 3.48. The molecule has 2 aliphatic heterocycles. The molecule has 3 fully saturated rings. The Balaban J connectivity index is 1.47. The van der Waals surface area contributed by atoms with Gasteiger partial charge in [0.05, 0.1) is 18.1 Å². The first-order valence-corrected chi connectivity index (χ1v) is 9.98. The maximum Gasteiger partial charge on any atom is 0.325 e. The summed E-state index contributed by atoms with van der Waals surface area (Å²) in [5.41, 5.74) is 1.63. The first kappa shape index (κ1) is 17.7. The molecule has 2 aromatic carbocycles. The van der Waals surface area contributed by atoms with Crippen LogP contribution in [0.3, 0.4) is 0 Å². The van der Waals surface area contributed by atoms with Crippen molar-refractivity contribution in [3.63, 3.8) is 0 Å². The highest BCUT2D eigenvalue weighted by Crippen LogP contribution is 2.52. The second-order valence-corrected chi connectivity index (χ2v) is 8.28. The first-order valence-electron chi connectivity index (χ1n) is 9.61. The summed E-state index contributed by atoms with van der Waals surface area (Å²) in [6, 6.07) is 17.0. The second-order valence-electron chi connectivity index (χ2n) is 7.84. The fourth-order valence-electron chi connectivity index (χ4n) is 4.67. The highest BCUT2D eigenvalue weighted by molar-refractivity contribution is 6.30. The first-order chi connectivity index (χ1) is 13.6. The summed E-state index contributed by atoms with van der Waals surface area (Å²) in [6.45, 7) is 1.01. The van der Waals surface area contributed by atoms with Gasteiger partial charge in [0.25, 0.3) is 0 Å². The van der Waals surface area contributed by atoms with E-state index in [-0.39, 0.29) is 24.5 Å². The van der Waals surface area contributed by atoms with Crippen molar-refractivity contribution in [3.05, 3.63) is 70.7 Å². The number of hydrogen-bond donors (Lipinski definition) is 0. The Kier molecular flexibility index (Phi) is 4.18. The van der Waals surface area contributed by atoms with E-state index in [0.29, 0.717) is 18.2 Å². The Hall–Kier alpha value is -2.37. The number of amides is 1. The number of morpholine rings is 1. The number of nitrogens with zero attached hydrogens (tertiary/aromatic N) is 2. The summed E-state index contributed by atoms with van der Waals surface area (Å²) in [7, 11) is 0. The lowest BCUT2D eigenvalue weighted by molar-refractivity contribution is -0.180. The molecule has 2 aromatic rings. The van der Waals surface area contributed by atoms with Gasteiger partial charge in [0.2, 0.25) is 5.91 Å². The van der Waals surface area contributed by atoms with Crippen molar-refractivity contribution < 1.29 is 14.3 Å². The lowest BCUT2D eigenvalue weighted by Crippen LogP contribution is -2.69. The van der Waals surface area contributed by atoms with Crippen LogP contribution in [0.2, 0.25) is 5.02 Å². The third-order valence-corrected chi connectivity index (χ3v) is 6.46. The van der Waals surface area contributed by atoms with Gasteiger partial charge in [-0.1, -0.05) is 54.1 Å². The molecule has 0 N–H and O–H groups in total. The van der Waals surface area contributed by atoms with Crippen LogP contribution in [-0.2, 0) is 20.9 Å². The van der Waals surface area contributed by atoms with Crippen molar-refractivity contribution in [2.75, 3.05) is 13.2 Å². The van der Waals surface area contributed by atoms with E-state index in [4.69, 9.17) is 16.3 Å². The van der Waals surface area contributed by atoms with Crippen LogP contribution in [0.1, 0.15) is 30.0 Å². The molecule has 5 rings (SSSR count). The maximum absolute atomic E-state index is 13.2. The number of benzene rings is 2. The number of rotatable bonds is 3. The number of hydrogen-bond acceptors (Lipinski definition) is 4. The molecular formula is C22H21ClN2O3. The summed E-state index contributed by atoms with van der Waals surface area (Å²) < 4.78 is 5.60. The Labute approximate surface area is 168 Å². The molecule has 2 atom stereocenters. The van der Waals surface area contributed by atoms with Crippen LogP contribution >= 0.6 is 11.6 Å². The number of cyclic esters (lactones) is 1. The zero-order valence-corrected chi connectivity index (χ0v) is 16.1. The zero-order valence-electron chi connectivity index (χ0n) is 15.4. The lowest BCUT2D eigenvalue weighted by atomic mass is 9.91. The van der Waals surface area contributed by atoms with Gasteiger partial charge in [-0.2, -0.15) is 0 Å². The van der Waals surface area contributed by atoms with E-state index in [0.717, 1.165) is 24.0 Å². The molecule has 1 amide bonds. The molecule has 1 unspecified atom stereocenters. The molecule has 1 saturated carbocycles. The highest BCUT2D eigenvalue weighted by atomic mass is 35.5. The van der Waals surface area contributed by atoms with Gasteiger partial charge < -0.3 is 9.64 Å². The van der Waals surface area contributed by atoms with Crippen LogP contribution in [0.25, 0.3) is 0 Å². The number of ether oxygens (including phenoxy) is 1. The Morgan fingerprint density at radius 1 is 1.04 bits per heavy atom. The molecule has 3 aliphatic rings. The summed E-state index contributed by atoms with van der Waals surface area (Å²) in [4.78, 5) is 29.9. The number of carbonyl (C=O) groups excluding carboxylic acids is 2. The molecule has 5 nitrogen and oxygen atoms in total. The number of esters is 1. The van der Waals surface area contributed by atoms with E-state index in [1.165, 1.54) is 0 Å². The van der Waals surface area contributed by atoms with Gasteiger partial charge in [0, 0.05) is 11.6 Å². The molecule has 0 bridgehead atoms. The van der Waals surface area contributed by atoms with Crippen LogP contribution in [0.5, 0.6) is 0 Å². The normalized spacial score (nSPS) is 26.1. The van der Waals surface area contributed by atoms with Crippen LogP contribution in [-0.4, -0.2) is 46.4 Å². The minimum Gasteiger partial charge on any atom is -0.462 e. The molecule has 28 heavy (non-hydrogen) atoms. The summed E-state index contributed by atoms with van der Waals surface area (Å²) >= 11 is 5.99. The number of halogens is 1. The maximum atomic E-state index is 13.2. The van der Waals surface area contributed by atoms with Gasteiger partial charge in [-0.15, -0.1) is 0 Å². The fourth-order valence-corrected chi connectivity index (χ4v) is 4.80. The summed E-state index contributed by atoms with van der Waals surface area (Å²) in [5.74, 6) is -0.141. The van der Waals surface area contributed by atoms with Crippen molar-refractivity contribution in [1.82, 2.24) is 9.80 Å². The molecular weight excluding hydrogens is 376 g/mol. The lowest BCUT2D eigenvalue weighted by Gasteiger charge is -2.51. The molecule has 1 spiro atoms. The van der Waals surface area contributed by atoms with Gasteiger partial charge in [-0.25, -0.2) is 0 Å². The third kappa shape index (κ3) is 2.81. The van der Waals surface area contributed by atoms with Crippen LogP contribution in [0.4, 0.5) is 0 Å². The van der Waals surface area contributed by atoms with Crippen molar-refractivity contribution in [2.24, 2.45) is 0 Å². The van der Waals surface area contributed by atoms with Gasteiger partial charge in [-0.3, -0.25) is 14.5 Å². The van der Waals surface area contributed by atoms with E-state index in [9.17, 15) is 9.59 Å². The third-order valence-electron chi connectivity index (χ3n) is 6.20. The van der Waals surface area contributed by atoms with Crippen molar-refractivity contribution in [3.8, 4) is 0 Å². The Bertz CT molecular complexity index is 911. The predicted molar refractivity (Wildman–Crippen MR) is 105 cm³/mol. The minimum atomic E-state index is -0.459. The Morgan fingerprint density at radius 3 is 2.43 bits per heavy atom. The summed E-state index contributed by atoms with van der Waals surface area (Å²) in [6.07, 6.45) is 1.65. The molecule has 0 aromatic heterocycles. The average molecular weight is 397 g/mol. The van der Waals surface area contributed by atoms with E-state index in [2.05, 4.69) is 4.90 Å². The van der Waals surface area contributed by atoms with E-state index < -0.39 is 11.6 Å². The van der Waals surface area contributed by atoms with E-state index in [1.807, 2.05) is 59.5 Å². The van der Waals surface area contributed by atoms with Gasteiger partial charge >= 0.3 is 5.97 Å². The Morgan fingerprint density at radius 2 is 1.75 bits per heavy atom. The highest BCUT2D eigenvalue weighted by Gasteiger charge is 2.65. The monoisotopic (exact) mass is 396 g/mol. The standard InChI is InChI=1S/C22H21ClN2O3/c23-17-8-6-15(7-9-17)12-25-19(26)13-24-18(16-4-2-1-3-5-16)14-28-21(27)20(24)22(25)10-11-22/h1-9,18,20H,10-14H2/t18-,20?/m0/s1. The van der Waals surface area contributed by atoms with Gasteiger partial charge in [-0.05, 0) is 36.1 Å². The number of fused-ring (bicyclic) bond motifs is 2. The SMILES string of the molecule is O=C1OC[C@@H](c2ccccc2)N2CC(=O)N(Cc3ccc(Cl)cc3)C3(CC3)C12. The minimum absolute atomic E-state index is 0.0688. The molecule has 2 saturated heterocycles. The zero-order chi connectivity index (χ0) is 19.3. The second kappa shape index (κ2) is 6.61. The van der Waals surface area contributed by atoms with Crippen LogP contribution in [0, 0.1) is 0 Å². The number of piperazine rings is 1. The van der Waals surface area contributed by atoms with E-state index >= 15 is 0 Å². The fraction of sp³-hybridized carbons (Fsp3) is 0.364. The van der Waals surface area contributed by atoms with Crippen molar-refractivity contribution in [1.29, 1.82) is 0 Å². The molecule has 2 heterocycles. The van der Waals surface area contributed by atoms with Crippen LogP contribution < -0.4 is 0 Å². The van der Waals surface area contributed by atoms with Crippen molar-refractivity contribution >= 4 is 23.5 Å². The topological polar surface area (TPSA) is 49.9 Å².